The smallest absolute Gasteiger partial charge is 0.0475 e. The molecule has 0 amide bonds. The van der Waals surface area contributed by atoms with Crippen LogP contribution in [0, 0.1) is 0 Å². The Morgan fingerprint density at radius 1 is 1.38 bits per heavy atom. The van der Waals surface area contributed by atoms with Gasteiger partial charge < -0.3 is 4.57 Å². The van der Waals surface area contributed by atoms with E-state index >= 15 is 0 Å². The number of hydrogen-bond donors (Lipinski definition) is 0. The van der Waals surface area contributed by atoms with Crippen LogP contribution in [0.5, 0.6) is 0 Å². The fraction of sp³-hybridized carbons (Fsp3) is 0.636. The molecule has 0 spiro atoms. The number of nitrogens with zero attached hydrogens (tertiary/aromatic N) is 2. The number of aromatic nitrogens is 1. The molecule has 2 rings (SSSR count). The van der Waals surface area contributed by atoms with E-state index < -0.39 is 0 Å². The SMILES string of the molecule is CC(C)N1CCn2cccc2C1C. The average Bonchev–Trinajstić information content (AvgIpc) is 2.52. The maximum Gasteiger partial charge on any atom is 0.0475 e. The lowest BCUT2D eigenvalue weighted by atomic mass is 10.1. The Labute approximate surface area is 80.2 Å². The second-order valence-corrected chi connectivity index (χ2v) is 4.13. The zero-order valence-corrected chi connectivity index (χ0v) is 8.70. The van der Waals surface area contributed by atoms with Crippen LogP contribution in [0.25, 0.3) is 0 Å². The molecule has 0 aliphatic carbocycles. The molecule has 13 heavy (non-hydrogen) atoms. The molecule has 1 aromatic rings. The molecule has 1 atom stereocenters. The average molecular weight is 178 g/mol. The van der Waals surface area contributed by atoms with Crippen molar-refractivity contribution < 1.29 is 0 Å². The molecule has 2 heteroatoms. The summed E-state index contributed by atoms with van der Waals surface area (Å²) in [7, 11) is 0. The predicted octanol–water partition coefficient (Wildman–Crippen LogP) is 2.27. The summed E-state index contributed by atoms with van der Waals surface area (Å²) < 4.78 is 2.36. The van der Waals surface area contributed by atoms with Crippen LogP contribution in [-0.2, 0) is 6.54 Å². The quantitative estimate of drug-likeness (QED) is 0.640. The van der Waals surface area contributed by atoms with Gasteiger partial charge in [-0.05, 0) is 32.9 Å². The predicted molar refractivity (Wildman–Crippen MR) is 54.7 cm³/mol. The largest absolute Gasteiger partial charge is 0.349 e. The number of hydrogen-bond acceptors (Lipinski definition) is 1. The van der Waals surface area contributed by atoms with E-state index in [-0.39, 0.29) is 0 Å². The van der Waals surface area contributed by atoms with Crippen molar-refractivity contribution in [2.75, 3.05) is 6.54 Å². The molecule has 0 saturated carbocycles. The molecule has 1 aliphatic heterocycles. The first-order valence-corrected chi connectivity index (χ1v) is 5.11. The molecule has 0 fully saturated rings. The summed E-state index contributed by atoms with van der Waals surface area (Å²) in [5.74, 6) is 0. The molecule has 2 nitrogen and oxygen atoms in total. The van der Waals surface area contributed by atoms with Crippen LogP contribution in [0.15, 0.2) is 18.3 Å². The van der Waals surface area contributed by atoms with E-state index in [0.717, 1.165) is 6.54 Å². The van der Waals surface area contributed by atoms with Gasteiger partial charge in [0.1, 0.15) is 0 Å². The molecule has 0 bridgehead atoms. The number of rotatable bonds is 1. The van der Waals surface area contributed by atoms with Crippen molar-refractivity contribution in [1.29, 1.82) is 0 Å². The van der Waals surface area contributed by atoms with E-state index in [1.807, 2.05) is 0 Å². The summed E-state index contributed by atoms with van der Waals surface area (Å²) in [5, 5.41) is 0. The minimum absolute atomic E-state index is 0.573. The van der Waals surface area contributed by atoms with E-state index in [2.05, 4.69) is 48.6 Å². The minimum Gasteiger partial charge on any atom is -0.349 e. The monoisotopic (exact) mass is 178 g/mol. The normalized spacial score (nSPS) is 23.5. The molecule has 0 aromatic carbocycles. The first kappa shape index (κ1) is 8.82. The Morgan fingerprint density at radius 3 is 2.85 bits per heavy atom. The summed E-state index contributed by atoms with van der Waals surface area (Å²) in [6.45, 7) is 9.17. The fourth-order valence-corrected chi connectivity index (χ4v) is 2.30. The molecular formula is C11H18N2. The molecule has 0 N–H and O–H groups in total. The van der Waals surface area contributed by atoms with Gasteiger partial charge in [0.05, 0.1) is 0 Å². The van der Waals surface area contributed by atoms with E-state index in [9.17, 15) is 0 Å². The van der Waals surface area contributed by atoms with Crippen LogP contribution in [-0.4, -0.2) is 22.1 Å². The van der Waals surface area contributed by atoms with Gasteiger partial charge in [-0.25, -0.2) is 0 Å². The third-order valence-corrected chi connectivity index (χ3v) is 3.05. The molecular weight excluding hydrogens is 160 g/mol. The molecule has 0 radical (unpaired) electrons. The first-order chi connectivity index (χ1) is 6.20. The lowest BCUT2D eigenvalue weighted by Crippen LogP contribution is -2.40. The Kier molecular flexibility index (Phi) is 2.16. The molecule has 2 heterocycles. The van der Waals surface area contributed by atoms with Gasteiger partial charge in [-0.3, -0.25) is 4.90 Å². The van der Waals surface area contributed by atoms with Gasteiger partial charge in [0.2, 0.25) is 0 Å². The van der Waals surface area contributed by atoms with Crippen LogP contribution in [0.3, 0.4) is 0 Å². The van der Waals surface area contributed by atoms with Gasteiger partial charge in [0, 0.05) is 37.1 Å². The summed E-state index contributed by atoms with van der Waals surface area (Å²) in [6, 6.07) is 5.61. The van der Waals surface area contributed by atoms with Crippen molar-refractivity contribution in [3.8, 4) is 0 Å². The highest BCUT2D eigenvalue weighted by molar-refractivity contribution is 5.13. The zero-order chi connectivity index (χ0) is 9.42. The minimum atomic E-state index is 0.573. The Morgan fingerprint density at radius 2 is 2.15 bits per heavy atom. The summed E-state index contributed by atoms with van der Waals surface area (Å²) >= 11 is 0. The van der Waals surface area contributed by atoms with E-state index in [4.69, 9.17) is 0 Å². The summed E-state index contributed by atoms with van der Waals surface area (Å²) in [4.78, 5) is 2.55. The van der Waals surface area contributed by atoms with Crippen LogP contribution < -0.4 is 0 Å². The maximum atomic E-state index is 2.55. The highest BCUT2D eigenvalue weighted by Gasteiger charge is 2.24. The van der Waals surface area contributed by atoms with Crippen molar-refractivity contribution in [2.45, 2.75) is 39.4 Å². The van der Waals surface area contributed by atoms with Gasteiger partial charge in [-0.1, -0.05) is 0 Å². The Bertz CT molecular complexity index is 288. The number of fused-ring (bicyclic) bond motifs is 1. The molecule has 1 aromatic heterocycles. The van der Waals surface area contributed by atoms with Gasteiger partial charge >= 0.3 is 0 Å². The lowest BCUT2D eigenvalue weighted by molar-refractivity contribution is 0.130. The Balaban J connectivity index is 2.27. The molecule has 72 valence electrons. The third kappa shape index (κ3) is 1.39. The van der Waals surface area contributed by atoms with Crippen LogP contribution in [0.4, 0.5) is 0 Å². The lowest BCUT2D eigenvalue weighted by Gasteiger charge is -2.37. The van der Waals surface area contributed by atoms with Crippen molar-refractivity contribution >= 4 is 0 Å². The highest BCUT2D eigenvalue weighted by atomic mass is 15.2. The second kappa shape index (κ2) is 3.18. The topological polar surface area (TPSA) is 8.17 Å². The first-order valence-electron chi connectivity index (χ1n) is 5.11. The van der Waals surface area contributed by atoms with Crippen molar-refractivity contribution in [2.24, 2.45) is 0 Å². The fourth-order valence-electron chi connectivity index (χ4n) is 2.30. The second-order valence-electron chi connectivity index (χ2n) is 4.13. The maximum absolute atomic E-state index is 2.55. The molecule has 0 saturated heterocycles. The van der Waals surface area contributed by atoms with E-state index in [0.29, 0.717) is 12.1 Å². The van der Waals surface area contributed by atoms with Crippen LogP contribution >= 0.6 is 0 Å². The van der Waals surface area contributed by atoms with Gasteiger partial charge in [-0.15, -0.1) is 0 Å². The van der Waals surface area contributed by atoms with Gasteiger partial charge in [0.25, 0.3) is 0 Å². The zero-order valence-electron chi connectivity index (χ0n) is 8.70. The van der Waals surface area contributed by atoms with E-state index in [1.54, 1.807) is 0 Å². The standard InChI is InChI=1S/C11H18N2/c1-9(2)13-8-7-12-6-4-5-11(12)10(13)3/h4-6,9-10H,7-8H2,1-3H3. The van der Waals surface area contributed by atoms with Crippen LogP contribution in [0.2, 0.25) is 0 Å². The van der Waals surface area contributed by atoms with Crippen LogP contribution in [0.1, 0.15) is 32.5 Å². The molecule has 1 aliphatic rings. The van der Waals surface area contributed by atoms with E-state index in [1.165, 1.54) is 12.2 Å². The summed E-state index contributed by atoms with van der Waals surface area (Å²) in [5.41, 5.74) is 1.46. The van der Waals surface area contributed by atoms with Crippen molar-refractivity contribution in [3.05, 3.63) is 24.0 Å². The Hall–Kier alpha value is -0.760. The van der Waals surface area contributed by atoms with Gasteiger partial charge in [-0.2, -0.15) is 0 Å². The van der Waals surface area contributed by atoms with Crippen molar-refractivity contribution in [1.82, 2.24) is 9.47 Å². The van der Waals surface area contributed by atoms with Crippen molar-refractivity contribution in [3.63, 3.8) is 0 Å². The van der Waals surface area contributed by atoms with Gasteiger partial charge in [0.15, 0.2) is 0 Å². The highest BCUT2D eigenvalue weighted by Crippen LogP contribution is 2.26. The third-order valence-electron chi connectivity index (χ3n) is 3.05. The molecule has 1 unspecified atom stereocenters. The summed E-state index contributed by atoms with van der Waals surface area (Å²) in [6.07, 6.45) is 2.18.